The molecule has 1 aromatic carbocycles. The highest BCUT2D eigenvalue weighted by molar-refractivity contribution is 7.89. The number of nitrogens with zero attached hydrogens (tertiary/aromatic N) is 2. The van der Waals surface area contributed by atoms with Gasteiger partial charge >= 0.3 is 0 Å². The smallest absolute Gasteiger partial charge is 0.259 e. The Morgan fingerprint density at radius 2 is 2.14 bits per heavy atom. The molecule has 1 heterocycles. The zero-order valence-corrected chi connectivity index (χ0v) is 13.5. The third-order valence-electron chi connectivity index (χ3n) is 3.17. The maximum atomic E-state index is 12.2. The molecule has 7 nitrogen and oxygen atoms in total. The molecule has 2 aromatic rings. The summed E-state index contributed by atoms with van der Waals surface area (Å²) >= 11 is 0. The fourth-order valence-corrected chi connectivity index (χ4v) is 2.98. The van der Waals surface area contributed by atoms with E-state index in [-0.39, 0.29) is 11.6 Å². The average molecular weight is 325 g/mol. The summed E-state index contributed by atoms with van der Waals surface area (Å²) in [4.78, 5) is 3.84. The van der Waals surface area contributed by atoms with Crippen molar-refractivity contribution in [2.24, 2.45) is 7.05 Å². The summed E-state index contributed by atoms with van der Waals surface area (Å²) in [6.45, 7) is 0.0998. The zero-order valence-electron chi connectivity index (χ0n) is 12.7. The predicted molar refractivity (Wildman–Crippen MR) is 81.1 cm³/mol. The quantitative estimate of drug-likeness (QED) is 0.824. The molecular weight excluding hydrogens is 306 g/mol. The number of sulfonamides is 1. The molecule has 1 N–H and O–H groups in total. The van der Waals surface area contributed by atoms with E-state index in [1.165, 1.54) is 19.6 Å². The minimum absolute atomic E-state index is 0.0181. The van der Waals surface area contributed by atoms with Crippen LogP contribution < -0.4 is 9.46 Å². The van der Waals surface area contributed by atoms with E-state index in [1.54, 1.807) is 18.7 Å². The van der Waals surface area contributed by atoms with Crippen LogP contribution in [-0.4, -0.2) is 38.7 Å². The molecule has 0 aliphatic rings. The lowest BCUT2D eigenvalue weighted by molar-refractivity contribution is 0.107. The van der Waals surface area contributed by atoms with Crippen LogP contribution >= 0.6 is 0 Å². The highest BCUT2D eigenvalue weighted by atomic mass is 32.2. The fraction of sp³-hybridized carbons (Fsp3) is 0.357. The van der Waals surface area contributed by atoms with Crippen LogP contribution in [0.5, 0.6) is 5.75 Å². The number of ether oxygens (including phenoxy) is 2. The van der Waals surface area contributed by atoms with Crippen LogP contribution in [0.25, 0.3) is 0 Å². The second-order valence-electron chi connectivity index (χ2n) is 4.73. The van der Waals surface area contributed by atoms with Gasteiger partial charge in [0.05, 0.1) is 19.5 Å². The number of methoxy groups -OCH3 is 2. The van der Waals surface area contributed by atoms with Gasteiger partial charge in [-0.15, -0.1) is 0 Å². The Bertz CT molecular complexity index is 727. The first-order valence-corrected chi connectivity index (χ1v) is 8.09. The van der Waals surface area contributed by atoms with E-state index in [1.807, 2.05) is 24.3 Å². The number of aryl methyl sites for hydroxylation is 1. The number of nitrogens with one attached hydrogen (secondary N) is 1. The van der Waals surface area contributed by atoms with Gasteiger partial charge in [0, 0.05) is 26.9 Å². The molecule has 2 rings (SSSR count). The van der Waals surface area contributed by atoms with E-state index < -0.39 is 16.1 Å². The number of imidazole rings is 1. The number of hydrogen-bond acceptors (Lipinski definition) is 5. The van der Waals surface area contributed by atoms with Crippen molar-refractivity contribution in [1.29, 1.82) is 0 Å². The van der Waals surface area contributed by atoms with E-state index in [2.05, 4.69) is 9.71 Å². The van der Waals surface area contributed by atoms with Crippen LogP contribution in [0.15, 0.2) is 41.8 Å². The number of aromatic nitrogens is 2. The number of benzene rings is 1. The Balaban J connectivity index is 2.10. The van der Waals surface area contributed by atoms with Gasteiger partial charge in [-0.05, 0) is 17.7 Å². The molecule has 0 radical (unpaired) electrons. The maximum Gasteiger partial charge on any atom is 0.259 e. The topological polar surface area (TPSA) is 82.5 Å². The van der Waals surface area contributed by atoms with Crippen LogP contribution in [0.3, 0.4) is 0 Å². The first-order chi connectivity index (χ1) is 10.5. The minimum atomic E-state index is -3.66. The molecule has 8 heteroatoms. The first kappa shape index (κ1) is 16.5. The van der Waals surface area contributed by atoms with Crippen LogP contribution in [0.4, 0.5) is 0 Å². The molecule has 0 aliphatic carbocycles. The van der Waals surface area contributed by atoms with Gasteiger partial charge in [0.1, 0.15) is 5.75 Å². The van der Waals surface area contributed by atoms with Crippen LogP contribution in [-0.2, 0) is 21.8 Å². The molecule has 1 atom stereocenters. The Labute approximate surface area is 129 Å². The highest BCUT2D eigenvalue weighted by Gasteiger charge is 2.20. The van der Waals surface area contributed by atoms with Gasteiger partial charge in [0.25, 0.3) is 10.0 Å². The highest BCUT2D eigenvalue weighted by Crippen LogP contribution is 2.21. The first-order valence-electron chi connectivity index (χ1n) is 6.60. The monoisotopic (exact) mass is 325 g/mol. The zero-order chi connectivity index (χ0) is 16.2. The van der Waals surface area contributed by atoms with Crippen molar-refractivity contribution in [2.75, 3.05) is 20.8 Å². The molecule has 120 valence electrons. The second kappa shape index (κ2) is 6.91. The van der Waals surface area contributed by atoms with Gasteiger partial charge < -0.3 is 14.0 Å². The minimum Gasteiger partial charge on any atom is -0.497 e. The molecule has 1 unspecified atom stereocenters. The van der Waals surface area contributed by atoms with E-state index in [0.29, 0.717) is 5.75 Å². The van der Waals surface area contributed by atoms with Gasteiger partial charge in [-0.3, -0.25) is 0 Å². The van der Waals surface area contributed by atoms with Crippen molar-refractivity contribution in [3.05, 3.63) is 42.4 Å². The average Bonchev–Trinajstić information content (AvgIpc) is 2.95. The lowest BCUT2D eigenvalue weighted by Crippen LogP contribution is -2.29. The lowest BCUT2D eigenvalue weighted by Gasteiger charge is -2.17. The van der Waals surface area contributed by atoms with E-state index in [9.17, 15) is 8.42 Å². The molecule has 0 bridgehead atoms. The van der Waals surface area contributed by atoms with Crippen molar-refractivity contribution in [2.45, 2.75) is 11.1 Å². The van der Waals surface area contributed by atoms with Gasteiger partial charge in [0.2, 0.25) is 0 Å². The summed E-state index contributed by atoms with van der Waals surface area (Å²) in [5.41, 5.74) is 0.825. The molecule has 0 fully saturated rings. The normalized spacial score (nSPS) is 13.0. The Kier molecular flexibility index (Phi) is 5.17. The molecule has 0 aliphatic heterocycles. The summed E-state index contributed by atoms with van der Waals surface area (Å²) in [5, 5.41) is -0.0181. The maximum absolute atomic E-state index is 12.2. The van der Waals surface area contributed by atoms with E-state index in [4.69, 9.17) is 9.47 Å². The van der Waals surface area contributed by atoms with Crippen molar-refractivity contribution >= 4 is 10.0 Å². The number of rotatable bonds is 7. The Hall–Kier alpha value is -1.90. The van der Waals surface area contributed by atoms with Gasteiger partial charge in [0.15, 0.2) is 5.03 Å². The molecule has 1 aromatic heterocycles. The summed E-state index contributed by atoms with van der Waals surface area (Å²) in [5.74, 6) is 0.687. The summed E-state index contributed by atoms with van der Waals surface area (Å²) in [6, 6.07) is 7.30. The molecule has 0 amide bonds. The predicted octanol–water partition coefficient (Wildman–Crippen LogP) is 1.09. The van der Waals surface area contributed by atoms with Crippen molar-refractivity contribution in [3.63, 3.8) is 0 Å². The molecule has 0 saturated carbocycles. The Morgan fingerprint density at radius 1 is 1.36 bits per heavy atom. The van der Waals surface area contributed by atoms with Crippen molar-refractivity contribution < 1.29 is 17.9 Å². The third kappa shape index (κ3) is 3.85. The summed E-state index contributed by atoms with van der Waals surface area (Å²) in [6.07, 6.45) is 2.45. The largest absolute Gasteiger partial charge is 0.497 e. The SMILES string of the molecule is COc1cccc(C(CNS(=O)(=O)c2cn(C)cn2)OC)c1. The number of hydrogen-bond donors (Lipinski definition) is 1. The van der Waals surface area contributed by atoms with Gasteiger partial charge in [-0.25, -0.2) is 18.1 Å². The van der Waals surface area contributed by atoms with Crippen LogP contribution in [0.2, 0.25) is 0 Å². The second-order valence-corrected chi connectivity index (χ2v) is 6.44. The van der Waals surface area contributed by atoms with Gasteiger partial charge in [-0.1, -0.05) is 12.1 Å². The van der Waals surface area contributed by atoms with E-state index in [0.717, 1.165) is 5.56 Å². The Morgan fingerprint density at radius 3 is 2.73 bits per heavy atom. The third-order valence-corrected chi connectivity index (χ3v) is 4.47. The fourth-order valence-electron chi connectivity index (χ4n) is 1.97. The van der Waals surface area contributed by atoms with Crippen LogP contribution in [0, 0.1) is 0 Å². The van der Waals surface area contributed by atoms with Gasteiger partial charge in [-0.2, -0.15) is 0 Å². The van der Waals surface area contributed by atoms with Crippen molar-refractivity contribution in [3.8, 4) is 5.75 Å². The molecular formula is C14H19N3O4S. The van der Waals surface area contributed by atoms with Crippen molar-refractivity contribution in [1.82, 2.24) is 14.3 Å². The van der Waals surface area contributed by atoms with E-state index >= 15 is 0 Å². The standard InChI is InChI=1S/C14H19N3O4S/c1-17-9-14(15-10-17)22(18,19)16-8-13(21-3)11-5-4-6-12(7-11)20-2/h4-7,9-10,13,16H,8H2,1-3H3. The van der Waals surface area contributed by atoms with Crippen LogP contribution in [0.1, 0.15) is 11.7 Å². The molecule has 22 heavy (non-hydrogen) atoms. The lowest BCUT2D eigenvalue weighted by atomic mass is 10.1. The summed E-state index contributed by atoms with van der Waals surface area (Å²) in [7, 11) is 1.15. The molecule has 0 saturated heterocycles. The molecule has 0 spiro atoms. The summed E-state index contributed by atoms with van der Waals surface area (Å²) < 4.78 is 38.9.